The predicted molar refractivity (Wildman–Crippen MR) is 98.3 cm³/mol. The molecule has 0 atom stereocenters. The minimum absolute atomic E-state index is 0.861. The maximum Gasteiger partial charge on any atom is 0.167 e. The second-order valence-corrected chi connectivity index (χ2v) is 6.22. The Hall–Kier alpha value is -2.62. The third kappa shape index (κ3) is 3.18. The van der Waals surface area contributed by atoms with Crippen LogP contribution >= 0.6 is 0 Å². The molecule has 24 heavy (non-hydrogen) atoms. The first-order valence-electron chi connectivity index (χ1n) is 8.57. The van der Waals surface area contributed by atoms with E-state index in [1.54, 1.807) is 0 Å². The number of hydrogen-bond donors (Lipinski definition) is 0. The normalized spacial score (nSPS) is 17.2. The molecule has 0 saturated carbocycles. The highest BCUT2D eigenvalue weighted by atomic mass is 15.3. The van der Waals surface area contributed by atoms with Crippen molar-refractivity contribution < 1.29 is 0 Å². The third-order valence-corrected chi connectivity index (χ3v) is 4.49. The number of nitrogens with zero attached hydrogens (tertiary/aromatic N) is 4. The van der Waals surface area contributed by atoms with Crippen LogP contribution in [-0.4, -0.2) is 47.7 Å². The van der Waals surface area contributed by atoms with Gasteiger partial charge >= 0.3 is 0 Å². The number of rotatable bonds is 5. The van der Waals surface area contributed by atoms with Crippen LogP contribution < -0.4 is 0 Å². The van der Waals surface area contributed by atoms with Gasteiger partial charge in [0, 0.05) is 26.2 Å². The van der Waals surface area contributed by atoms with Gasteiger partial charge in [0.1, 0.15) is 0 Å². The lowest BCUT2D eigenvalue weighted by Crippen LogP contribution is -2.40. The van der Waals surface area contributed by atoms with E-state index in [2.05, 4.69) is 70.5 Å². The Morgan fingerprint density at radius 2 is 1.04 bits per heavy atom. The van der Waals surface area contributed by atoms with Gasteiger partial charge in [0.25, 0.3) is 0 Å². The minimum atomic E-state index is 0.861. The van der Waals surface area contributed by atoms with Gasteiger partial charge in [0.2, 0.25) is 0 Å². The molecule has 0 amide bonds. The van der Waals surface area contributed by atoms with Gasteiger partial charge in [-0.2, -0.15) is 0 Å². The summed E-state index contributed by atoms with van der Waals surface area (Å²) in [5.74, 6) is 2.12. The molecule has 2 aromatic rings. The molecule has 2 heterocycles. The van der Waals surface area contributed by atoms with Gasteiger partial charge in [-0.05, 0) is 11.1 Å². The van der Waals surface area contributed by atoms with Crippen molar-refractivity contribution in [2.75, 3.05) is 26.2 Å². The molecule has 0 spiro atoms. The Morgan fingerprint density at radius 3 is 1.46 bits per heavy atom. The highest BCUT2D eigenvalue weighted by molar-refractivity contribution is 6.40. The fourth-order valence-corrected chi connectivity index (χ4v) is 3.30. The van der Waals surface area contributed by atoms with Crippen molar-refractivity contribution in [2.24, 2.45) is 9.98 Å². The van der Waals surface area contributed by atoms with Crippen LogP contribution in [0.15, 0.2) is 70.6 Å². The standard InChI is InChI=1S/C20H22N4/c1-3-7-17(8-4-1)15-23-13-11-21-19(23)20-22-12-14-24(20)16-18-9-5-2-6-10-18/h1-10H,11-16H2. The predicted octanol–water partition coefficient (Wildman–Crippen LogP) is 2.82. The van der Waals surface area contributed by atoms with Crippen LogP contribution in [0.5, 0.6) is 0 Å². The molecule has 0 N–H and O–H groups in total. The zero-order chi connectivity index (χ0) is 16.2. The Bertz CT molecular complexity index is 671. The number of aliphatic imine (C=N–C) groups is 2. The quantitative estimate of drug-likeness (QED) is 0.849. The van der Waals surface area contributed by atoms with Gasteiger partial charge in [-0.1, -0.05) is 60.7 Å². The summed E-state index contributed by atoms with van der Waals surface area (Å²) in [4.78, 5) is 14.2. The molecule has 0 aromatic heterocycles. The molecular formula is C20H22N4. The molecular weight excluding hydrogens is 296 g/mol. The Morgan fingerprint density at radius 1 is 0.625 bits per heavy atom. The maximum atomic E-state index is 4.76. The van der Waals surface area contributed by atoms with Gasteiger partial charge in [-0.25, -0.2) is 0 Å². The Labute approximate surface area is 143 Å². The summed E-state index contributed by atoms with van der Waals surface area (Å²) in [6.07, 6.45) is 0. The van der Waals surface area contributed by atoms with E-state index in [0.717, 1.165) is 50.9 Å². The fraction of sp³-hybridized carbons (Fsp3) is 0.300. The number of hydrogen-bond acceptors (Lipinski definition) is 4. The molecule has 0 bridgehead atoms. The molecule has 0 saturated heterocycles. The van der Waals surface area contributed by atoms with E-state index in [4.69, 9.17) is 9.98 Å². The van der Waals surface area contributed by atoms with Crippen LogP contribution in [0, 0.1) is 0 Å². The van der Waals surface area contributed by atoms with E-state index >= 15 is 0 Å². The minimum Gasteiger partial charge on any atom is -0.348 e. The zero-order valence-corrected chi connectivity index (χ0v) is 13.8. The van der Waals surface area contributed by atoms with Gasteiger partial charge in [0.05, 0.1) is 13.1 Å². The van der Waals surface area contributed by atoms with Crippen molar-refractivity contribution in [3.8, 4) is 0 Å². The highest BCUT2D eigenvalue weighted by Crippen LogP contribution is 2.16. The first-order valence-corrected chi connectivity index (χ1v) is 8.57. The molecule has 2 aromatic carbocycles. The van der Waals surface area contributed by atoms with E-state index < -0.39 is 0 Å². The first kappa shape index (κ1) is 14.9. The maximum absolute atomic E-state index is 4.76. The molecule has 4 nitrogen and oxygen atoms in total. The SMILES string of the molecule is c1ccc(CN2CCN=C2C2=NCCN2Cc2ccccc2)cc1. The topological polar surface area (TPSA) is 31.2 Å². The van der Waals surface area contributed by atoms with Gasteiger partial charge in [-0.3, -0.25) is 9.98 Å². The molecule has 122 valence electrons. The first-order chi connectivity index (χ1) is 11.9. The summed E-state index contributed by atoms with van der Waals surface area (Å²) in [5, 5.41) is 0. The van der Waals surface area contributed by atoms with Crippen LogP contribution in [0.4, 0.5) is 0 Å². The summed E-state index contributed by atoms with van der Waals surface area (Å²) in [5.41, 5.74) is 2.64. The van der Waals surface area contributed by atoms with Crippen LogP contribution in [0.3, 0.4) is 0 Å². The molecule has 2 aliphatic rings. The molecule has 0 aliphatic carbocycles. The van der Waals surface area contributed by atoms with Crippen molar-refractivity contribution in [3.05, 3.63) is 71.8 Å². The van der Waals surface area contributed by atoms with E-state index in [1.807, 2.05) is 0 Å². The van der Waals surface area contributed by atoms with E-state index in [1.165, 1.54) is 11.1 Å². The van der Waals surface area contributed by atoms with E-state index in [-0.39, 0.29) is 0 Å². The van der Waals surface area contributed by atoms with E-state index in [9.17, 15) is 0 Å². The van der Waals surface area contributed by atoms with Crippen molar-refractivity contribution in [1.82, 2.24) is 9.80 Å². The summed E-state index contributed by atoms with van der Waals surface area (Å²) in [7, 11) is 0. The van der Waals surface area contributed by atoms with Crippen molar-refractivity contribution >= 4 is 11.7 Å². The van der Waals surface area contributed by atoms with Crippen LogP contribution in [0.25, 0.3) is 0 Å². The molecule has 2 aliphatic heterocycles. The van der Waals surface area contributed by atoms with Crippen LogP contribution in [-0.2, 0) is 13.1 Å². The fourth-order valence-electron chi connectivity index (χ4n) is 3.30. The van der Waals surface area contributed by atoms with E-state index in [0.29, 0.717) is 0 Å². The van der Waals surface area contributed by atoms with Crippen LogP contribution in [0.1, 0.15) is 11.1 Å². The zero-order valence-electron chi connectivity index (χ0n) is 13.8. The van der Waals surface area contributed by atoms with Crippen molar-refractivity contribution in [1.29, 1.82) is 0 Å². The molecule has 4 rings (SSSR count). The average Bonchev–Trinajstić information content (AvgIpc) is 3.26. The molecule has 0 radical (unpaired) electrons. The van der Waals surface area contributed by atoms with Gasteiger partial charge in [-0.15, -0.1) is 0 Å². The van der Waals surface area contributed by atoms with Crippen molar-refractivity contribution in [2.45, 2.75) is 13.1 Å². The summed E-state index contributed by atoms with van der Waals surface area (Å²) >= 11 is 0. The second-order valence-electron chi connectivity index (χ2n) is 6.22. The monoisotopic (exact) mass is 318 g/mol. The summed E-state index contributed by atoms with van der Waals surface area (Å²) in [6, 6.07) is 21.2. The molecule has 0 unspecified atom stereocenters. The average molecular weight is 318 g/mol. The Balaban J connectivity index is 1.49. The number of amidine groups is 2. The second kappa shape index (κ2) is 6.87. The lowest BCUT2D eigenvalue weighted by atomic mass is 10.2. The van der Waals surface area contributed by atoms with Crippen LogP contribution in [0.2, 0.25) is 0 Å². The lowest BCUT2D eigenvalue weighted by molar-refractivity contribution is 0.432. The highest BCUT2D eigenvalue weighted by Gasteiger charge is 2.28. The lowest BCUT2D eigenvalue weighted by Gasteiger charge is -2.26. The largest absolute Gasteiger partial charge is 0.348 e. The van der Waals surface area contributed by atoms with Gasteiger partial charge in [0.15, 0.2) is 11.7 Å². The van der Waals surface area contributed by atoms with Crippen molar-refractivity contribution in [3.63, 3.8) is 0 Å². The molecule has 4 heteroatoms. The molecule has 0 fully saturated rings. The summed E-state index contributed by atoms with van der Waals surface area (Å²) in [6.45, 7) is 5.47. The number of benzene rings is 2. The Kier molecular flexibility index (Phi) is 4.28. The summed E-state index contributed by atoms with van der Waals surface area (Å²) < 4.78 is 0. The smallest absolute Gasteiger partial charge is 0.167 e. The third-order valence-electron chi connectivity index (χ3n) is 4.49. The van der Waals surface area contributed by atoms with Gasteiger partial charge < -0.3 is 9.80 Å².